The molecule has 3 atom stereocenters. The Kier molecular flexibility index (Phi) is 8.09. The van der Waals surface area contributed by atoms with Gasteiger partial charge in [0.05, 0.1) is 13.0 Å². The Morgan fingerprint density at radius 3 is 2.53 bits per heavy atom. The number of rotatable bonds is 9. The molecule has 9 nitrogen and oxygen atoms in total. The van der Waals surface area contributed by atoms with Crippen molar-refractivity contribution in [3.8, 4) is 11.5 Å². The first-order chi connectivity index (χ1) is 16.2. The lowest BCUT2D eigenvalue weighted by atomic mass is 10.0. The van der Waals surface area contributed by atoms with Gasteiger partial charge in [-0.1, -0.05) is 45.0 Å². The number of benzene rings is 1. The molecule has 0 saturated heterocycles. The van der Waals surface area contributed by atoms with Crippen LogP contribution in [-0.2, 0) is 25.5 Å². The van der Waals surface area contributed by atoms with Crippen LogP contribution in [0.2, 0.25) is 0 Å². The van der Waals surface area contributed by atoms with Crippen LogP contribution in [0.3, 0.4) is 0 Å². The van der Waals surface area contributed by atoms with Crippen LogP contribution in [0.5, 0.6) is 11.5 Å². The van der Waals surface area contributed by atoms with Crippen LogP contribution < -0.4 is 14.8 Å². The highest BCUT2D eigenvalue weighted by atomic mass is 16.7. The molecule has 1 aromatic heterocycles. The summed E-state index contributed by atoms with van der Waals surface area (Å²) in [5.41, 5.74) is 2.21. The van der Waals surface area contributed by atoms with Crippen molar-refractivity contribution in [1.29, 1.82) is 0 Å². The number of fused-ring (bicyclic) bond motifs is 1. The number of nitrogens with zero attached hydrogens (tertiary/aromatic N) is 1. The second-order valence-corrected chi connectivity index (χ2v) is 8.43. The van der Waals surface area contributed by atoms with Crippen molar-refractivity contribution in [2.75, 3.05) is 13.9 Å². The Morgan fingerprint density at radius 1 is 1.12 bits per heavy atom. The maximum atomic E-state index is 12.9. The highest BCUT2D eigenvalue weighted by molar-refractivity contribution is 5.98. The van der Waals surface area contributed by atoms with Gasteiger partial charge in [-0.25, -0.2) is 9.78 Å². The van der Waals surface area contributed by atoms with Crippen LogP contribution in [0.1, 0.15) is 55.2 Å². The van der Waals surface area contributed by atoms with Crippen molar-refractivity contribution in [3.63, 3.8) is 0 Å². The van der Waals surface area contributed by atoms with Gasteiger partial charge in [0.25, 0.3) is 5.91 Å². The van der Waals surface area contributed by atoms with E-state index in [2.05, 4.69) is 10.3 Å². The van der Waals surface area contributed by atoms with Crippen LogP contribution in [0.4, 0.5) is 0 Å². The topological polar surface area (TPSA) is 113 Å². The minimum absolute atomic E-state index is 0.000474. The Hall–Kier alpha value is -3.62. The predicted molar refractivity (Wildman–Crippen MR) is 123 cm³/mol. The maximum Gasteiger partial charge on any atom is 0.328 e. The van der Waals surface area contributed by atoms with Gasteiger partial charge in [-0.05, 0) is 18.1 Å². The zero-order valence-corrected chi connectivity index (χ0v) is 20.0. The second kappa shape index (κ2) is 11.0. The van der Waals surface area contributed by atoms with Crippen LogP contribution >= 0.6 is 0 Å². The molecule has 0 radical (unpaired) electrons. The van der Waals surface area contributed by atoms with Crippen molar-refractivity contribution >= 4 is 17.8 Å². The maximum absolute atomic E-state index is 12.9. The van der Waals surface area contributed by atoms with E-state index < -0.39 is 30.7 Å². The zero-order valence-electron chi connectivity index (χ0n) is 20.0. The summed E-state index contributed by atoms with van der Waals surface area (Å²) in [6.07, 6.45) is 1.71. The van der Waals surface area contributed by atoms with Crippen LogP contribution in [0.15, 0.2) is 36.5 Å². The Bertz CT molecular complexity index is 1050. The number of hydrogen-bond donors (Lipinski definition) is 1. The van der Waals surface area contributed by atoms with E-state index in [9.17, 15) is 14.4 Å². The molecule has 9 heteroatoms. The van der Waals surface area contributed by atoms with E-state index in [1.165, 1.54) is 26.3 Å². The molecule has 1 aliphatic carbocycles. The lowest BCUT2D eigenvalue weighted by Crippen LogP contribution is -2.41. The fourth-order valence-electron chi connectivity index (χ4n) is 3.68. The van der Waals surface area contributed by atoms with Gasteiger partial charge in [-0.3, -0.25) is 9.59 Å². The predicted octanol–water partition coefficient (Wildman–Crippen LogP) is 3.02. The van der Waals surface area contributed by atoms with E-state index in [0.717, 1.165) is 11.1 Å². The first-order valence-corrected chi connectivity index (χ1v) is 11.1. The van der Waals surface area contributed by atoms with Crippen LogP contribution in [0, 0.1) is 5.92 Å². The van der Waals surface area contributed by atoms with Gasteiger partial charge < -0.3 is 24.3 Å². The third-order valence-corrected chi connectivity index (χ3v) is 5.67. The van der Waals surface area contributed by atoms with E-state index in [1.807, 2.05) is 31.2 Å². The lowest BCUT2D eigenvalue weighted by Gasteiger charge is -2.21. The zero-order chi connectivity index (χ0) is 24.8. The largest absolute Gasteiger partial charge is 0.493 e. The summed E-state index contributed by atoms with van der Waals surface area (Å²) in [7, 11) is 1.41. The molecule has 2 aromatic rings. The smallest absolute Gasteiger partial charge is 0.328 e. The summed E-state index contributed by atoms with van der Waals surface area (Å²) in [6, 6.07) is 8.57. The minimum Gasteiger partial charge on any atom is -0.493 e. The van der Waals surface area contributed by atoms with Gasteiger partial charge in [-0.15, -0.1) is 0 Å². The monoisotopic (exact) mass is 470 g/mol. The van der Waals surface area contributed by atoms with Crippen molar-refractivity contribution in [3.05, 3.63) is 53.3 Å². The number of hydrogen-bond acceptors (Lipinski definition) is 8. The molecular formula is C25H30N2O7. The number of methoxy groups -OCH3 is 1. The summed E-state index contributed by atoms with van der Waals surface area (Å²) in [4.78, 5) is 41.4. The summed E-state index contributed by atoms with van der Waals surface area (Å²) in [5.74, 6) is -1.69. The normalized spacial score (nSPS) is 17.5. The van der Waals surface area contributed by atoms with Gasteiger partial charge in [0.2, 0.25) is 6.79 Å². The Morgan fingerprint density at radius 2 is 1.85 bits per heavy atom. The molecular weight excluding hydrogens is 440 g/mol. The molecule has 1 N–H and O–H groups in total. The molecule has 34 heavy (non-hydrogen) atoms. The van der Waals surface area contributed by atoms with E-state index in [0.29, 0.717) is 6.42 Å². The number of carbonyl (C=O) groups is 3. The first-order valence-electron chi connectivity index (χ1n) is 11.1. The van der Waals surface area contributed by atoms with Gasteiger partial charge in [0.15, 0.2) is 17.2 Å². The highest BCUT2D eigenvalue weighted by Gasteiger charge is 2.33. The molecule has 1 aromatic carbocycles. The summed E-state index contributed by atoms with van der Waals surface area (Å²) < 4.78 is 21.5. The average Bonchev–Trinajstić information content (AvgIpc) is 3.13. The highest BCUT2D eigenvalue weighted by Crippen LogP contribution is 2.35. The number of nitrogens with one attached hydrogen (secondary N) is 1. The van der Waals surface area contributed by atoms with Gasteiger partial charge in [-0.2, -0.15) is 0 Å². The number of carbonyl (C=O) groups excluding carboxylic acids is 3. The number of amides is 1. The van der Waals surface area contributed by atoms with Crippen molar-refractivity contribution < 1.29 is 33.3 Å². The molecule has 0 fully saturated rings. The van der Waals surface area contributed by atoms with Crippen molar-refractivity contribution in [2.24, 2.45) is 5.92 Å². The lowest BCUT2D eigenvalue weighted by molar-refractivity contribution is -0.154. The van der Waals surface area contributed by atoms with Crippen molar-refractivity contribution in [2.45, 2.75) is 52.2 Å². The van der Waals surface area contributed by atoms with Gasteiger partial charge in [0, 0.05) is 24.6 Å². The molecule has 0 unspecified atom stereocenters. The van der Waals surface area contributed by atoms with Gasteiger partial charge in [0.1, 0.15) is 12.1 Å². The summed E-state index contributed by atoms with van der Waals surface area (Å²) >= 11 is 0. The standard InChI is InChI=1S/C25H30N2O7/c1-14(2)24(29)33-13-32-22-19(31-5)10-11-26-21(22)23(28)27-16(4)25(30)34-20-12-17-8-6-7-9-18(17)15(20)3/h6-11,14-16,20H,12-13H2,1-5H3,(H,27,28)/t15-,16+,20-/m1/s1. The molecule has 3 rings (SSSR count). The molecule has 1 aliphatic rings. The number of pyridine rings is 1. The van der Waals surface area contributed by atoms with E-state index in [1.54, 1.807) is 13.8 Å². The molecule has 1 amide bonds. The fraction of sp³-hybridized carbons (Fsp3) is 0.440. The van der Waals surface area contributed by atoms with E-state index in [4.69, 9.17) is 18.9 Å². The molecule has 0 saturated carbocycles. The molecule has 0 aliphatic heterocycles. The molecule has 0 spiro atoms. The third kappa shape index (κ3) is 5.65. The number of esters is 2. The minimum atomic E-state index is -0.928. The first kappa shape index (κ1) is 25.0. The molecule has 0 bridgehead atoms. The Labute approximate surface area is 198 Å². The number of aromatic nitrogens is 1. The molecule has 1 heterocycles. The summed E-state index contributed by atoms with van der Waals surface area (Å²) in [6.45, 7) is 6.52. The quantitative estimate of drug-likeness (QED) is 0.440. The second-order valence-electron chi connectivity index (χ2n) is 8.43. The van der Waals surface area contributed by atoms with E-state index in [-0.39, 0.29) is 35.1 Å². The van der Waals surface area contributed by atoms with Crippen LogP contribution in [-0.4, -0.2) is 48.9 Å². The van der Waals surface area contributed by atoms with Crippen LogP contribution in [0.25, 0.3) is 0 Å². The average molecular weight is 471 g/mol. The third-order valence-electron chi connectivity index (χ3n) is 5.67. The SMILES string of the molecule is COc1ccnc(C(=O)N[C@@H](C)C(=O)O[C@@H]2Cc3ccccc3[C@H]2C)c1OCOC(=O)C(C)C. The number of ether oxygens (including phenoxy) is 4. The summed E-state index contributed by atoms with van der Waals surface area (Å²) in [5, 5.41) is 2.60. The molecule has 182 valence electrons. The fourth-order valence-corrected chi connectivity index (χ4v) is 3.68. The van der Waals surface area contributed by atoms with E-state index >= 15 is 0 Å². The Balaban J connectivity index is 1.64. The van der Waals surface area contributed by atoms with Crippen molar-refractivity contribution in [1.82, 2.24) is 10.3 Å². The van der Waals surface area contributed by atoms with Gasteiger partial charge >= 0.3 is 11.9 Å².